The largest absolute Gasteiger partial charge is 0.464 e. The minimum absolute atomic E-state index is 0.00856. The van der Waals surface area contributed by atoms with Gasteiger partial charge in [0.25, 0.3) is 0 Å². The lowest BCUT2D eigenvalue weighted by Gasteiger charge is -2.04. The number of rotatable bonds is 6. The maximum atomic E-state index is 12.7. The Morgan fingerprint density at radius 3 is 2.81 bits per heavy atom. The van der Waals surface area contributed by atoms with Crippen molar-refractivity contribution in [1.29, 1.82) is 0 Å². The zero-order valence-electron chi connectivity index (χ0n) is 17.7. The van der Waals surface area contributed by atoms with E-state index in [0.29, 0.717) is 12.2 Å². The molecule has 32 heavy (non-hydrogen) atoms. The van der Waals surface area contributed by atoms with Crippen LogP contribution in [0, 0.1) is 13.8 Å². The van der Waals surface area contributed by atoms with Crippen molar-refractivity contribution < 1.29 is 9.21 Å². The van der Waals surface area contributed by atoms with Crippen LogP contribution in [0.4, 0.5) is 5.95 Å². The second-order valence-corrected chi connectivity index (χ2v) is 7.58. The molecule has 0 saturated carbocycles. The highest BCUT2D eigenvalue weighted by Crippen LogP contribution is 2.29. The Labute approximate surface area is 183 Å². The van der Waals surface area contributed by atoms with Crippen molar-refractivity contribution in [1.82, 2.24) is 29.5 Å². The molecule has 0 atom stereocenters. The molecule has 1 amide bonds. The molecule has 0 radical (unpaired) electrons. The summed E-state index contributed by atoms with van der Waals surface area (Å²) in [6, 6.07) is 13.8. The molecule has 0 aliphatic rings. The van der Waals surface area contributed by atoms with E-state index in [9.17, 15) is 4.79 Å². The summed E-state index contributed by atoms with van der Waals surface area (Å²) in [7, 11) is 0. The molecule has 1 aromatic carbocycles. The van der Waals surface area contributed by atoms with E-state index in [2.05, 4.69) is 31.5 Å². The Bertz CT molecular complexity index is 1400. The molecule has 1 N–H and O–H groups in total. The first-order valence-electron chi connectivity index (χ1n) is 10.2. The van der Waals surface area contributed by atoms with Gasteiger partial charge in [-0.1, -0.05) is 29.8 Å². The minimum Gasteiger partial charge on any atom is -0.464 e. The summed E-state index contributed by atoms with van der Waals surface area (Å²) < 4.78 is 8.81. The Morgan fingerprint density at radius 1 is 1.09 bits per heavy atom. The van der Waals surface area contributed by atoms with E-state index >= 15 is 0 Å². The first kappa shape index (κ1) is 19.7. The van der Waals surface area contributed by atoms with Gasteiger partial charge in [-0.05, 0) is 37.6 Å². The number of hydrogen-bond donors (Lipinski definition) is 1. The number of nitrogens with zero attached hydrogens (tertiary/aromatic N) is 6. The van der Waals surface area contributed by atoms with Crippen molar-refractivity contribution in [2.45, 2.75) is 26.9 Å². The summed E-state index contributed by atoms with van der Waals surface area (Å²) >= 11 is 0. The molecule has 0 fully saturated rings. The van der Waals surface area contributed by atoms with Crippen molar-refractivity contribution in [3.05, 3.63) is 78.1 Å². The number of nitrogens with one attached hydrogen (secondary N) is 1. The number of fused-ring (bicyclic) bond motifs is 1. The standard InChI is InChI=1S/C23H21N7O2/c1-15-5-3-6-17(11-15)12-29-14-25-23(28-29)26-20(31)13-30-22-21(16(2)27-30)18(8-9-24-22)19-7-4-10-32-19/h3-11,14H,12-13H2,1-2H3,(H,26,28,31). The zero-order chi connectivity index (χ0) is 22.1. The van der Waals surface area contributed by atoms with Crippen LogP contribution in [0.5, 0.6) is 0 Å². The fraction of sp³-hybridized carbons (Fsp3) is 0.174. The molecule has 5 aromatic rings. The molecule has 5 rings (SSSR count). The van der Waals surface area contributed by atoms with Crippen molar-refractivity contribution in [3.63, 3.8) is 0 Å². The van der Waals surface area contributed by atoms with Gasteiger partial charge in [0, 0.05) is 11.8 Å². The van der Waals surface area contributed by atoms with Gasteiger partial charge in [-0.15, -0.1) is 5.10 Å². The van der Waals surface area contributed by atoms with E-state index in [-0.39, 0.29) is 18.4 Å². The fourth-order valence-electron chi connectivity index (χ4n) is 3.75. The third-order valence-corrected chi connectivity index (χ3v) is 5.10. The van der Waals surface area contributed by atoms with E-state index in [1.165, 1.54) is 5.56 Å². The van der Waals surface area contributed by atoms with Crippen molar-refractivity contribution in [3.8, 4) is 11.3 Å². The topological polar surface area (TPSA) is 104 Å². The molecule has 0 unspecified atom stereocenters. The maximum absolute atomic E-state index is 12.7. The average Bonchev–Trinajstić information content (AvgIpc) is 3.50. The molecule has 0 aliphatic heterocycles. The van der Waals surface area contributed by atoms with Crippen LogP contribution in [-0.2, 0) is 17.9 Å². The Kier molecular flexibility index (Phi) is 4.98. The van der Waals surface area contributed by atoms with E-state index in [1.807, 2.05) is 50.2 Å². The first-order chi connectivity index (χ1) is 15.6. The van der Waals surface area contributed by atoms with Crippen LogP contribution in [-0.4, -0.2) is 35.4 Å². The van der Waals surface area contributed by atoms with Crippen molar-refractivity contribution in [2.75, 3.05) is 5.32 Å². The number of amides is 1. The van der Waals surface area contributed by atoms with Crippen LogP contribution < -0.4 is 5.32 Å². The summed E-state index contributed by atoms with van der Waals surface area (Å²) in [5.41, 5.74) is 4.57. The molecule has 0 bridgehead atoms. The SMILES string of the molecule is Cc1cccc(Cn2cnc(NC(=O)Cn3nc(C)c4c(-c5ccco5)ccnc43)n2)c1. The van der Waals surface area contributed by atoms with E-state index in [0.717, 1.165) is 28.0 Å². The predicted molar refractivity (Wildman–Crippen MR) is 119 cm³/mol. The first-order valence-corrected chi connectivity index (χ1v) is 10.2. The molecular formula is C23H21N7O2. The lowest BCUT2D eigenvalue weighted by molar-refractivity contribution is -0.116. The van der Waals surface area contributed by atoms with Gasteiger partial charge in [0.2, 0.25) is 11.9 Å². The van der Waals surface area contributed by atoms with Crippen LogP contribution >= 0.6 is 0 Å². The summed E-state index contributed by atoms with van der Waals surface area (Å²) in [5.74, 6) is 0.695. The summed E-state index contributed by atoms with van der Waals surface area (Å²) in [6.07, 6.45) is 4.91. The molecule has 0 aliphatic carbocycles. The van der Waals surface area contributed by atoms with Gasteiger partial charge in [-0.3, -0.25) is 10.1 Å². The van der Waals surface area contributed by atoms with Gasteiger partial charge in [0.15, 0.2) is 5.65 Å². The van der Waals surface area contributed by atoms with Crippen LogP contribution in [0.1, 0.15) is 16.8 Å². The minimum atomic E-state index is -0.284. The highest BCUT2D eigenvalue weighted by molar-refractivity contribution is 5.95. The molecule has 0 saturated heterocycles. The number of carbonyl (C=O) groups is 1. The third kappa shape index (κ3) is 3.87. The van der Waals surface area contributed by atoms with Gasteiger partial charge >= 0.3 is 0 Å². The van der Waals surface area contributed by atoms with Crippen LogP contribution in [0.15, 0.2) is 65.7 Å². The summed E-state index contributed by atoms with van der Waals surface area (Å²) in [5, 5.41) is 12.5. The van der Waals surface area contributed by atoms with Gasteiger partial charge < -0.3 is 4.42 Å². The van der Waals surface area contributed by atoms with E-state index in [1.54, 1.807) is 28.2 Å². The number of anilines is 1. The normalized spacial score (nSPS) is 11.2. The van der Waals surface area contributed by atoms with Gasteiger partial charge in [0.1, 0.15) is 18.6 Å². The number of carbonyl (C=O) groups excluding carboxylic acids is 1. The fourth-order valence-corrected chi connectivity index (χ4v) is 3.75. The molecular weight excluding hydrogens is 406 g/mol. The molecule has 160 valence electrons. The Morgan fingerprint density at radius 2 is 2.00 bits per heavy atom. The predicted octanol–water partition coefficient (Wildman–Crippen LogP) is 3.59. The monoisotopic (exact) mass is 427 g/mol. The molecule has 4 heterocycles. The van der Waals surface area contributed by atoms with E-state index < -0.39 is 0 Å². The highest BCUT2D eigenvalue weighted by Gasteiger charge is 2.17. The molecule has 4 aromatic heterocycles. The number of hydrogen-bond acceptors (Lipinski definition) is 6. The Balaban J connectivity index is 1.32. The quantitative estimate of drug-likeness (QED) is 0.444. The lowest BCUT2D eigenvalue weighted by atomic mass is 10.1. The number of aryl methyl sites for hydroxylation is 2. The number of pyridine rings is 1. The molecule has 0 spiro atoms. The smallest absolute Gasteiger partial charge is 0.248 e. The number of aromatic nitrogens is 6. The second kappa shape index (κ2) is 8.10. The van der Waals surface area contributed by atoms with Gasteiger partial charge in [-0.25, -0.2) is 19.3 Å². The van der Waals surface area contributed by atoms with E-state index in [4.69, 9.17) is 4.42 Å². The summed E-state index contributed by atoms with van der Waals surface area (Å²) in [6.45, 7) is 4.50. The maximum Gasteiger partial charge on any atom is 0.248 e. The molecule has 9 nitrogen and oxygen atoms in total. The Hall–Kier alpha value is -4.27. The number of furan rings is 1. The molecule has 9 heteroatoms. The van der Waals surface area contributed by atoms with Crippen molar-refractivity contribution in [2.24, 2.45) is 0 Å². The zero-order valence-corrected chi connectivity index (χ0v) is 17.7. The van der Waals surface area contributed by atoms with Crippen LogP contribution in [0.25, 0.3) is 22.4 Å². The number of benzene rings is 1. The van der Waals surface area contributed by atoms with Crippen LogP contribution in [0.3, 0.4) is 0 Å². The lowest BCUT2D eigenvalue weighted by Crippen LogP contribution is -2.20. The average molecular weight is 427 g/mol. The third-order valence-electron chi connectivity index (χ3n) is 5.10. The van der Waals surface area contributed by atoms with Crippen LogP contribution in [0.2, 0.25) is 0 Å². The van der Waals surface area contributed by atoms with Gasteiger partial charge in [-0.2, -0.15) is 5.10 Å². The van der Waals surface area contributed by atoms with Gasteiger partial charge in [0.05, 0.1) is 23.9 Å². The summed E-state index contributed by atoms with van der Waals surface area (Å²) in [4.78, 5) is 21.3. The van der Waals surface area contributed by atoms with Crippen molar-refractivity contribution >= 4 is 22.9 Å². The highest BCUT2D eigenvalue weighted by atomic mass is 16.3. The second-order valence-electron chi connectivity index (χ2n) is 7.58.